The van der Waals surface area contributed by atoms with E-state index in [-0.39, 0.29) is 5.12 Å². The number of carbonyl (C=O) groups is 1. The van der Waals surface area contributed by atoms with E-state index >= 15 is 0 Å². The van der Waals surface area contributed by atoms with Crippen molar-refractivity contribution < 1.29 is 9.53 Å². The largest absolute Gasteiger partial charge is 0.497 e. The molecule has 0 aliphatic heterocycles. The molecule has 1 rings (SSSR count). The smallest absolute Gasteiger partial charge is 0.212 e. The van der Waals surface area contributed by atoms with Crippen LogP contribution in [0.15, 0.2) is 30.3 Å². The zero-order valence-electron chi connectivity index (χ0n) is 8.90. The summed E-state index contributed by atoms with van der Waals surface area (Å²) in [5, 5.41) is 0.0910. The maximum atomic E-state index is 11.2. The van der Waals surface area contributed by atoms with Crippen molar-refractivity contribution in [1.29, 1.82) is 0 Å². The lowest BCUT2D eigenvalue weighted by Gasteiger charge is -1.98. The van der Waals surface area contributed by atoms with E-state index in [0.29, 0.717) is 0 Å². The lowest BCUT2D eigenvalue weighted by molar-refractivity contribution is -0.106. The number of rotatable bonds is 4. The fourth-order valence-corrected chi connectivity index (χ4v) is 1.52. The summed E-state index contributed by atoms with van der Waals surface area (Å²) >= 11 is 1.31. The summed E-state index contributed by atoms with van der Waals surface area (Å²) in [5.74, 6) is 1.63. The van der Waals surface area contributed by atoms with Crippen molar-refractivity contribution in [3.8, 4) is 5.75 Å². The summed E-state index contributed by atoms with van der Waals surface area (Å²) in [4.78, 5) is 11.2. The summed E-state index contributed by atoms with van der Waals surface area (Å²) in [5.41, 5.74) is 1.00. The first-order valence-corrected chi connectivity index (χ1v) is 5.73. The Morgan fingerprint density at radius 1 is 1.40 bits per heavy atom. The van der Waals surface area contributed by atoms with Gasteiger partial charge in [0, 0.05) is 0 Å². The van der Waals surface area contributed by atoms with Crippen molar-refractivity contribution in [1.82, 2.24) is 0 Å². The average Bonchev–Trinajstić information content (AvgIpc) is 2.27. The van der Waals surface area contributed by atoms with E-state index < -0.39 is 0 Å². The Labute approximate surface area is 94.3 Å². The minimum absolute atomic E-state index is 0.0910. The quantitative estimate of drug-likeness (QED) is 0.733. The Balaban J connectivity index is 2.60. The molecule has 0 aliphatic carbocycles. The molecule has 1 aromatic carbocycles. The van der Waals surface area contributed by atoms with Crippen LogP contribution in [-0.4, -0.2) is 18.0 Å². The van der Waals surface area contributed by atoms with Crippen molar-refractivity contribution in [2.24, 2.45) is 0 Å². The average molecular weight is 222 g/mol. The first-order valence-electron chi connectivity index (χ1n) is 4.75. The molecule has 0 bridgehead atoms. The lowest BCUT2D eigenvalue weighted by atomic mass is 10.2. The molecule has 0 N–H and O–H groups in total. The predicted molar refractivity (Wildman–Crippen MR) is 65.2 cm³/mol. The van der Waals surface area contributed by atoms with Gasteiger partial charge in [-0.15, -0.1) is 0 Å². The van der Waals surface area contributed by atoms with Gasteiger partial charge in [0.2, 0.25) is 5.12 Å². The summed E-state index contributed by atoms with van der Waals surface area (Å²) in [6, 6.07) is 7.58. The molecule has 2 nitrogen and oxygen atoms in total. The maximum Gasteiger partial charge on any atom is 0.212 e. The van der Waals surface area contributed by atoms with Gasteiger partial charge in [-0.2, -0.15) is 0 Å². The number of ether oxygens (including phenoxy) is 1. The second kappa shape index (κ2) is 6.30. The first kappa shape index (κ1) is 11.9. The summed E-state index contributed by atoms with van der Waals surface area (Å²) in [6.45, 7) is 1.96. The SMILES string of the molecule is CCSC(=O)/C=C/c1ccc(OC)cc1. The van der Waals surface area contributed by atoms with E-state index in [1.54, 1.807) is 13.2 Å². The topological polar surface area (TPSA) is 26.3 Å². The van der Waals surface area contributed by atoms with Gasteiger partial charge in [0.25, 0.3) is 0 Å². The minimum atomic E-state index is 0.0910. The zero-order chi connectivity index (χ0) is 11.1. The van der Waals surface area contributed by atoms with E-state index in [4.69, 9.17) is 4.74 Å². The number of methoxy groups -OCH3 is 1. The minimum Gasteiger partial charge on any atom is -0.497 e. The monoisotopic (exact) mass is 222 g/mol. The molecule has 0 amide bonds. The Kier molecular flexibility index (Phi) is 4.98. The fraction of sp³-hybridized carbons (Fsp3) is 0.250. The van der Waals surface area contributed by atoms with Gasteiger partial charge in [-0.25, -0.2) is 0 Å². The first-order chi connectivity index (χ1) is 7.26. The third-order valence-corrected chi connectivity index (χ3v) is 2.52. The van der Waals surface area contributed by atoms with Crippen LogP contribution in [0, 0.1) is 0 Å². The predicted octanol–water partition coefficient (Wildman–Crippen LogP) is 2.99. The molecule has 0 spiro atoms. The van der Waals surface area contributed by atoms with E-state index in [9.17, 15) is 4.79 Å². The molecule has 0 aliphatic rings. The van der Waals surface area contributed by atoms with Gasteiger partial charge in [-0.3, -0.25) is 4.79 Å². The van der Waals surface area contributed by atoms with Crippen molar-refractivity contribution >= 4 is 23.0 Å². The molecule has 15 heavy (non-hydrogen) atoms. The highest BCUT2D eigenvalue weighted by atomic mass is 32.2. The van der Waals surface area contributed by atoms with Crippen LogP contribution in [0.4, 0.5) is 0 Å². The summed E-state index contributed by atoms with van der Waals surface area (Å²) in [7, 11) is 1.63. The molecule has 0 saturated carbocycles. The highest BCUT2D eigenvalue weighted by Crippen LogP contribution is 2.13. The number of thioether (sulfide) groups is 1. The molecule has 0 fully saturated rings. The number of carbonyl (C=O) groups excluding carboxylic acids is 1. The number of hydrogen-bond acceptors (Lipinski definition) is 3. The van der Waals surface area contributed by atoms with E-state index in [2.05, 4.69) is 0 Å². The van der Waals surface area contributed by atoms with Crippen molar-refractivity contribution in [3.63, 3.8) is 0 Å². The molecule has 0 radical (unpaired) electrons. The van der Waals surface area contributed by atoms with Gasteiger partial charge < -0.3 is 4.74 Å². The Morgan fingerprint density at radius 3 is 2.60 bits per heavy atom. The molecule has 80 valence electrons. The van der Waals surface area contributed by atoms with Gasteiger partial charge in [-0.05, 0) is 29.5 Å². The number of benzene rings is 1. The van der Waals surface area contributed by atoms with Crippen molar-refractivity contribution in [2.75, 3.05) is 12.9 Å². The van der Waals surface area contributed by atoms with Crippen LogP contribution >= 0.6 is 11.8 Å². The van der Waals surface area contributed by atoms with Crippen molar-refractivity contribution in [2.45, 2.75) is 6.92 Å². The molecular weight excluding hydrogens is 208 g/mol. The normalized spacial score (nSPS) is 10.5. The maximum absolute atomic E-state index is 11.2. The van der Waals surface area contributed by atoms with Crippen LogP contribution in [0.5, 0.6) is 5.75 Å². The van der Waals surface area contributed by atoms with Crippen LogP contribution in [0.1, 0.15) is 12.5 Å². The molecule has 0 saturated heterocycles. The highest BCUT2D eigenvalue weighted by Gasteiger charge is 1.94. The van der Waals surface area contributed by atoms with Gasteiger partial charge >= 0.3 is 0 Å². The van der Waals surface area contributed by atoms with Gasteiger partial charge in [0.15, 0.2) is 0 Å². The second-order valence-corrected chi connectivity index (χ2v) is 4.13. The second-order valence-electron chi connectivity index (χ2n) is 2.86. The Morgan fingerprint density at radius 2 is 2.07 bits per heavy atom. The molecule has 0 aromatic heterocycles. The molecule has 3 heteroatoms. The van der Waals surface area contributed by atoms with Crippen LogP contribution in [-0.2, 0) is 4.79 Å². The van der Waals surface area contributed by atoms with Gasteiger partial charge in [0.1, 0.15) is 5.75 Å². The molecular formula is C12H14O2S. The Bertz CT molecular complexity index is 341. The highest BCUT2D eigenvalue weighted by molar-refractivity contribution is 8.14. The zero-order valence-corrected chi connectivity index (χ0v) is 9.71. The molecule has 0 atom stereocenters. The Hall–Kier alpha value is -1.22. The van der Waals surface area contributed by atoms with Crippen LogP contribution in [0.25, 0.3) is 6.08 Å². The lowest BCUT2D eigenvalue weighted by Crippen LogP contribution is -1.85. The van der Waals surface area contributed by atoms with Gasteiger partial charge in [0.05, 0.1) is 7.11 Å². The third kappa shape index (κ3) is 4.21. The van der Waals surface area contributed by atoms with Crippen LogP contribution in [0.3, 0.4) is 0 Å². The standard InChI is InChI=1S/C12H14O2S/c1-3-15-12(13)9-6-10-4-7-11(14-2)8-5-10/h4-9H,3H2,1-2H3/b9-6+. The molecule has 1 aromatic rings. The molecule has 0 unspecified atom stereocenters. The van der Waals surface area contributed by atoms with E-state index in [0.717, 1.165) is 17.1 Å². The fourth-order valence-electron chi connectivity index (χ4n) is 1.07. The van der Waals surface area contributed by atoms with Crippen LogP contribution in [0.2, 0.25) is 0 Å². The summed E-state index contributed by atoms with van der Waals surface area (Å²) in [6.07, 6.45) is 3.40. The van der Waals surface area contributed by atoms with Crippen LogP contribution < -0.4 is 4.74 Å². The summed E-state index contributed by atoms with van der Waals surface area (Å²) < 4.78 is 5.04. The number of hydrogen-bond donors (Lipinski definition) is 0. The van der Waals surface area contributed by atoms with E-state index in [1.807, 2.05) is 37.3 Å². The molecule has 0 heterocycles. The third-order valence-electron chi connectivity index (χ3n) is 1.81. The van der Waals surface area contributed by atoms with Crippen molar-refractivity contribution in [3.05, 3.63) is 35.9 Å². The van der Waals surface area contributed by atoms with E-state index in [1.165, 1.54) is 11.8 Å². The van der Waals surface area contributed by atoms with Gasteiger partial charge in [-0.1, -0.05) is 36.9 Å².